The highest BCUT2D eigenvalue weighted by Gasteiger charge is 2.17. The van der Waals surface area contributed by atoms with Crippen LogP contribution in [0.25, 0.3) is 10.7 Å². The van der Waals surface area contributed by atoms with E-state index in [2.05, 4.69) is 10.1 Å². The second-order valence-corrected chi connectivity index (χ2v) is 6.09. The lowest BCUT2D eigenvalue weighted by molar-refractivity contribution is 0.0701. The molecule has 0 bridgehead atoms. The van der Waals surface area contributed by atoms with E-state index in [4.69, 9.17) is 5.11 Å². The average Bonchev–Trinajstić information content (AvgIpc) is 3.14. The maximum Gasteiger partial charge on any atom is 0.347 e. The van der Waals surface area contributed by atoms with Crippen LogP contribution in [0.15, 0.2) is 42.6 Å². The summed E-state index contributed by atoms with van der Waals surface area (Å²) in [5.41, 5.74) is 1.91. The summed E-state index contributed by atoms with van der Waals surface area (Å²) in [6, 6.07) is 11.1. The van der Waals surface area contributed by atoms with Crippen molar-refractivity contribution in [3.05, 3.63) is 58.7 Å². The Hall–Kier alpha value is -2.51. The number of carboxylic acid groups (broad SMARTS) is 1. The summed E-state index contributed by atoms with van der Waals surface area (Å²) in [6.07, 6.45) is 1.09. The Morgan fingerprint density at radius 2 is 2.04 bits per heavy atom. The molecule has 118 valence electrons. The second kappa shape index (κ2) is 6.31. The lowest BCUT2D eigenvalue weighted by Gasteiger charge is -2.10. The predicted molar refractivity (Wildman–Crippen MR) is 86.4 cm³/mol. The first kappa shape index (κ1) is 15.4. The van der Waals surface area contributed by atoms with Gasteiger partial charge in [-0.05, 0) is 18.6 Å². The van der Waals surface area contributed by atoms with Crippen LogP contribution in [0.4, 0.5) is 0 Å². The molecule has 1 atom stereocenters. The molecule has 0 unspecified atom stereocenters. The standard InChI is InChI=1S/C16H15N3O3S/c1-10-14(16(21)22)23-15(17-10)12-7-8-19(18-12)9-13(20)11-5-3-2-4-6-11/h2-8,13,20H,9H2,1H3,(H,21,22)/t13-/m0/s1. The van der Waals surface area contributed by atoms with Crippen LogP contribution in [0, 0.1) is 6.92 Å². The number of thiazole rings is 1. The Morgan fingerprint density at radius 1 is 1.30 bits per heavy atom. The molecule has 2 heterocycles. The van der Waals surface area contributed by atoms with E-state index < -0.39 is 12.1 Å². The van der Waals surface area contributed by atoms with Crippen LogP contribution in [0.3, 0.4) is 0 Å². The summed E-state index contributed by atoms with van der Waals surface area (Å²) in [6.45, 7) is 1.99. The van der Waals surface area contributed by atoms with E-state index >= 15 is 0 Å². The minimum absolute atomic E-state index is 0.221. The highest BCUT2D eigenvalue weighted by Crippen LogP contribution is 2.27. The van der Waals surface area contributed by atoms with Gasteiger partial charge >= 0.3 is 5.97 Å². The fraction of sp³-hybridized carbons (Fsp3) is 0.188. The summed E-state index contributed by atoms with van der Waals surface area (Å²) in [5.74, 6) is -0.981. The Kier molecular flexibility index (Phi) is 4.22. The van der Waals surface area contributed by atoms with Gasteiger partial charge in [0.1, 0.15) is 15.6 Å². The fourth-order valence-corrected chi connectivity index (χ4v) is 3.11. The summed E-state index contributed by atoms with van der Waals surface area (Å²) < 4.78 is 1.63. The quantitative estimate of drug-likeness (QED) is 0.751. The number of aryl methyl sites for hydroxylation is 1. The summed E-state index contributed by atoms with van der Waals surface area (Å²) in [5, 5.41) is 24.2. The molecule has 1 aromatic carbocycles. The van der Waals surface area contributed by atoms with Gasteiger partial charge < -0.3 is 10.2 Å². The molecule has 0 fully saturated rings. The monoisotopic (exact) mass is 329 g/mol. The summed E-state index contributed by atoms with van der Waals surface area (Å²) in [4.78, 5) is 15.6. The van der Waals surface area contributed by atoms with Crippen LogP contribution >= 0.6 is 11.3 Å². The minimum Gasteiger partial charge on any atom is -0.477 e. The Balaban J connectivity index is 1.78. The van der Waals surface area contributed by atoms with Gasteiger partial charge in [-0.1, -0.05) is 30.3 Å². The Morgan fingerprint density at radius 3 is 2.70 bits per heavy atom. The zero-order valence-corrected chi connectivity index (χ0v) is 13.2. The number of benzene rings is 1. The molecule has 0 saturated carbocycles. The average molecular weight is 329 g/mol. The third-order valence-electron chi connectivity index (χ3n) is 3.39. The van der Waals surface area contributed by atoms with Gasteiger partial charge in [-0.2, -0.15) is 5.10 Å². The smallest absolute Gasteiger partial charge is 0.347 e. The van der Waals surface area contributed by atoms with Crippen LogP contribution in [0.2, 0.25) is 0 Å². The SMILES string of the molecule is Cc1nc(-c2ccn(C[C@H](O)c3ccccc3)n2)sc1C(=O)O. The number of carbonyl (C=O) groups is 1. The number of aromatic carboxylic acids is 1. The molecule has 0 spiro atoms. The van der Waals surface area contributed by atoms with Crippen molar-refractivity contribution >= 4 is 17.3 Å². The number of aliphatic hydroxyl groups excluding tert-OH is 1. The molecule has 3 rings (SSSR count). The van der Waals surface area contributed by atoms with E-state index in [1.807, 2.05) is 30.3 Å². The molecule has 3 aromatic rings. The van der Waals surface area contributed by atoms with Gasteiger partial charge in [0.25, 0.3) is 0 Å². The molecule has 0 amide bonds. The van der Waals surface area contributed by atoms with Crippen molar-refractivity contribution in [3.8, 4) is 10.7 Å². The Bertz CT molecular complexity index is 826. The van der Waals surface area contributed by atoms with Crippen molar-refractivity contribution in [1.82, 2.24) is 14.8 Å². The van der Waals surface area contributed by atoms with Gasteiger partial charge in [0, 0.05) is 6.20 Å². The molecule has 23 heavy (non-hydrogen) atoms. The molecule has 0 radical (unpaired) electrons. The first-order valence-corrected chi connectivity index (χ1v) is 7.84. The zero-order chi connectivity index (χ0) is 16.4. The van der Waals surface area contributed by atoms with Gasteiger partial charge in [-0.3, -0.25) is 4.68 Å². The topological polar surface area (TPSA) is 88.2 Å². The normalized spacial score (nSPS) is 12.3. The summed E-state index contributed by atoms with van der Waals surface area (Å²) in [7, 11) is 0. The lowest BCUT2D eigenvalue weighted by Crippen LogP contribution is -2.09. The van der Waals surface area contributed by atoms with Crippen molar-refractivity contribution < 1.29 is 15.0 Å². The predicted octanol–water partition coefficient (Wildman–Crippen LogP) is 2.75. The van der Waals surface area contributed by atoms with E-state index in [0.29, 0.717) is 22.9 Å². The van der Waals surface area contributed by atoms with Crippen LogP contribution in [0.1, 0.15) is 27.0 Å². The maximum atomic E-state index is 11.1. The van der Waals surface area contributed by atoms with Crippen LogP contribution < -0.4 is 0 Å². The number of hydrogen-bond acceptors (Lipinski definition) is 5. The van der Waals surface area contributed by atoms with Gasteiger partial charge in [-0.25, -0.2) is 9.78 Å². The first-order chi connectivity index (χ1) is 11.0. The first-order valence-electron chi connectivity index (χ1n) is 7.02. The molecule has 0 aliphatic carbocycles. The minimum atomic E-state index is -0.981. The van der Waals surface area contributed by atoms with Crippen molar-refractivity contribution in [2.75, 3.05) is 0 Å². The van der Waals surface area contributed by atoms with Gasteiger partial charge in [0.05, 0.1) is 18.3 Å². The Labute approximate surface area is 136 Å². The highest BCUT2D eigenvalue weighted by molar-refractivity contribution is 7.17. The van der Waals surface area contributed by atoms with Crippen molar-refractivity contribution in [1.29, 1.82) is 0 Å². The molecule has 2 aromatic heterocycles. The van der Waals surface area contributed by atoms with Crippen LogP contribution in [0.5, 0.6) is 0 Å². The van der Waals surface area contributed by atoms with Gasteiger partial charge in [0.2, 0.25) is 0 Å². The fourth-order valence-electron chi connectivity index (χ4n) is 2.24. The number of carboxylic acids is 1. The van der Waals surface area contributed by atoms with E-state index in [-0.39, 0.29) is 4.88 Å². The van der Waals surface area contributed by atoms with Crippen molar-refractivity contribution in [2.24, 2.45) is 0 Å². The molecule has 0 aliphatic heterocycles. The van der Waals surface area contributed by atoms with Crippen molar-refractivity contribution in [2.45, 2.75) is 19.6 Å². The van der Waals surface area contributed by atoms with E-state index in [1.54, 1.807) is 23.9 Å². The van der Waals surface area contributed by atoms with Gasteiger partial charge in [0.15, 0.2) is 0 Å². The van der Waals surface area contributed by atoms with Gasteiger partial charge in [-0.15, -0.1) is 11.3 Å². The number of aliphatic hydroxyl groups is 1. The van der Waals surface area contributed by atoms with Crippen LogP contribution in [-0.2, 0) is 6.54 Å². The highest BCUT2D eigenvalue weighted by atomic mass is 32.1. The molecule has 6 nitrogen and oxygen atoms in total. The molecular formula is C16H15N3O3S. The van der Waals surface area contributed by atoms with E-state index in [9.17, 15) is 9.90 Å². The lowest BCUT2D eigenvalue weighted by atomic mass is 10.1. The molecule has 7 heteroatoms. The third kappa shape index (κ3) is 3.30. The van der Waals surface area contributed by atoms with E-state index in [0.717, 1.165) is 16.9 Å². The largest absolute Gasteiger partial charge is 0.477 e. The number of nitrogens with zero attached hydrogens (tertiary/aromatic N) is 3. The third-order valence-corrected chi connectivity index (χ3v) is 4.56. The number of hydrogen-bond donors (Lipinski definition) is 2. The summed E-state index contributed by atoms with van der Waals surface area (Å²) >= 11 is 1.10. The number of rotatable bonds is 5. The number of aromatic nitrogens is 3. The molecule has 0 aliphatic rings. The van der Waals surface area contributed by atoms with Crippen LogP contribution in [-0.4, -0.2) is 30.9 Å². The maximum absolute atomic E-state index is 11.1. The molecule has 2 N–H and O–H groups in total. The second-order valence-electron chi connectivity index (χ2n) is 5.09. The van der Waals surface area contributed by atoms with Crippen molar-refractivity contribution in [3.63, 3.8) is 0 Å². The molecule has 0 saturated heterocycles. The zero-order valence-electron chi connectivity index (χ0n) is 12.4. The molecular weight excluding hydrogens is 314 g/mol. The van der Waals surface area contributed by atoms with E-state index in [1.165, 1.54) is 0 Å².